The van der Waals surface area contributed by atoms with Crippen molar-refractivity contribution in [1.82, 2.24) is 0 Å². The second-order valence-electron chi connectivity index (χ2n) is 10.8. The molecular weight excluding hydrogens is 490 g/mol. The molecule has 0 saturated heterocycles. The first-order valence-corrected chi connectivity index (χ1v) is 14.7. The molecule has 0 bridgehead atoms. The van der Waals surface area contributed by atoms with Crippen LogP contribution in [0.25, 0.3) is 0 Å². The first kappa shape index (κ1) is 21.9. The van der Waals surface area contributed by atoms with Gasteiger partial charge in [0.1, 0.15) is 0 Å². The number of fused-ring (bicyclic) bond motifs is 2. The van der Waals surface area contributed by atoms with Gasteiger partial charge in [-0.3, -0.25) is 0 Å². The average molecular weight is 524 g/mol. The van der Waals surface area contributed by atoms with E-state index in [1.54, 1.807) is 0 Å². The first-order valence-electron chi connectivity index (χ1n) is 10.9. The van der Waals surface area contributed by atoms with Gasteiger partial charge in [-0.05, 0) is 0 Å². The van der Waals surface area contributed by atoms with E-state index in [0.717, 1.165) is 26.2 Å². The van der Waals surface area contributed by atoms with E-state index in [2.05, 4.69) is 106 Å². The van der Waals surface area contributed by atoms with Crippen LogP contribution in [0.1, 0.15) is 41.5 Å². The number of hydrogen-bond acceptors (Lipinski definition) is 4. The Morgan fingerprint density at radius 3 is 1.13 bits per heavy atom. The van der Waals surface area contributed by atoms with Gasteiger partial charge in [0.25, 0.3) is 0 Å². The third-order valence-corrected chi connectivity index (χ3v) is 10.9. The van der Waals surface area contributed by atoms with Crippen molar-refractivity contribution in [2.45, 2.75) is 41.5 Å². The van der Waals surface area contributed by atoms with E-state index in [1.165, 1.54) is 22.7 Å². The SMILES string of the molecule is CC(C)(C)C[N]1[Ge][N](CC[N]2[Ge][N](CC(C)(C)C)c3ccccc32)c2ccccc21. The van der Waals surface area contributed by atoms with E-state index < -0.39 is 0 Å². The summed E-state index contributed by atoms with van der Waals surface area (Å²) in [5, 5.41) is 0. The third-order valence-electron chi connectivity index (χ3n) is 5.22. The van der Waals surface area contributed by atoms with Crippen LogP contribution >= 0.6 is 0 Å². The molecule has 2 aromatic rings. The second-order valence-corrected chi connectivity index (χ2v) is 16.1. The third kappa shape index (κ3) is 4.96. The van der Waals surface area contributed by atoms with E-state index >= 15 is 0 Å². The molecule has 0 aliphatic carbocycles. The summed E-state index contributed by atoms with van der Waals surface area (Å²) in [4.78, 5) is 0. The Balaban J connectivity index is 1.47. The van der Waals surface area contributed by atoms with E-state index in [-0.39, 0.29) is 31.8 Å². The van der Waals surface area contributed by atoms with Crippen LogP contribution < -0.4 is 15.4 Å². The summed E-state index contributed by atoms with van der Waals surface area (Å²) >= 11 is -0.657. The van der Waals surface area contributed by atoms with Crippen molar-refractivity contribution in [2.24, 2.45) is 10.8 Å². The molecular formula is C24H34Ge2N4. The van der Waals surface area contributed by atoms with Gasteiger partial charge < -0.3 is 0 Å². The van der Waals surface area contributed by atoms with Gasteiger partial charge in [0.2, 0.25) is 0 Å². The maximum absolute atomic E-state index is 2.70. The van der Waals surface area contributed by atoms with Crippen molar-refractivity contribution in [1.29, 1.82) is 0 Å². The number of para-hydroxylation sites is 4. The summed E-state index contributed by atoms with van der Waals surface area (Å²) in [6.07, 6.45) is 0. The Bertz CT molecular complexity index is 814. The molecule has 2 aromatic carbocycles. The van der Waals surface area contributed by atoms with Crippen LogP contribution in [-0.4, -0.2) is 57.9 Å². The van der Waals surface area contributed by atoms with Gasteiger partial charge in [-0.2, -0.15) is 0 Å². The van der Waals surface area contributed by atoms with Gasteiger partial charge >= 0.3 is 197 Å². The van der Waals surface area contributed by atoms with Crippen LogP contribution in [0.4, 0.5) is 22.7 Å². The molecule has 2 aliphatic heterocycles. The molecule has 0 unspecified atom stereocenters. The van der Waals surface area contributed by atoms with Gasteiger partial charge in [0.05, 0.1) is 0 Å². The van der Waals surface area contributed by atoms with Gasteiger partial charge in [-0.15, -0.1) is 0 Å². The first-order chi connectivity index (χ1) is 14.1. The monoisotopic (exact) mass is 526 g/mol. The number of anilines is 4. The molecule has 0 spiro atoms. The maximum atomic E-state index is 2.70. The van der Waals surface area contributed by atoms with E-state index in [0.29, 0.717) is 10.8 Å². The summed E-state index contributed by atoms with van der Waals surface area (Å²) in [6.45, 7) is 18.6. The molecule has 6 heteroatoms. The molecule has 0 amide bonds. The fourth-order valence-corrected chi connectivity index (χ4v) is 10.9. The van der Waals surface area contributed by atoms with Crippen molar-refractivity contribution in [2.75, 3.05) is 41.6 Å². The molecule has 30 heavy (non-hydrogen) atoms. The second kappa shape index (κ2) is 8.34. The van der Waals surface area contributed by atoms with Crippen LogP contribution in [0, 0.1) is 10.8 Å². The Kier molecular flexibility index (Phi) is 6.10. The van der Waals surface area contributed by atoms with Crippen molar-refractivity contribution in [3.8, 4) is 0 Å². The molecule has 4 radical (unpaired) electrons. The predicted molar refractivity (Wildman–Crippen MR) is 133 cm³/mol. The average Bonchev–Trinajstić information content (AvgIpc) is 3.16. The standard InChI is InChI=1S/C24H34Ge2N4/c1-23(2,3)17-29-21-13-9-7-11-19(21)27(25-29)15-16-28-20-12-8-10-14-22(20)30(26-28)18-24(4,5)6/h7-14H,15-18H2,1-6H3. The minimum absolute atomic E-state index is 0.320. The molecule has 2 heterocycles. The Labute approximate surface area is 196 Å². The van der Waals surface area contributed by atoms with Gasteiger partial charge in [0, 0.05) is 0 Å². The molecule has 4 nitrogen and oxygen atoms in total. The van der Waals surface area contributed by atoms with Crippen LogP contribution in [0.3, 0.4) is 0 Å². The number of benzene rings is 2. The van der Waals surface area contributed by atoms with E-state index in [1.807, 2.05) is 0 Å². The van der Waals surface area contributed by atoms with Crippen LogP contribution in [0.15, 0.2) is 48.5 Å². The summed E-state index contributed by atoms with van der Waals surface area (Å²) in [7, 11) is 0. The molecule has 4 rings (SSSR count). The van der Waals surface area contributed by atoms with Gasteiger partial charge in [-0.1, -0.05) is 0 Å². The Hall–Kier alpha value is -1.27. The fourth-order valence-electron chi connectivity index (χ4n) is 4.08. The molecule has 2 aliphatic rings. The van der Waals surface area contributed by atoms with E-state index in [4.69, 9.17) is 0 Å². The minimum atomic E-state index is -0.329. The Morgan fingerprint density at radius 2 is 0.833 bits per heavy atom. The fraction of sp³-hybridized carbons (Fsp3) is 0.500. The predicted octanol–water partition coefficient (Wildman–Crippen LogP) is 4.80. The van der Waals surface area contributed by atoms with Crippen LogP contribution in [-0.2, 0) is 0 Å². The normalized spacial score (nSPS) is 16.3. The van der Waals surface area contributed by atoms with Gasteiger partial charge in [0.15, 0.2) is 0 Å². The zero-order chi connectivity index (χ0) is 21.5. The number of hydrogen-bond donors (Lipinski definition) is 0. The van der Waals surface area contributed by atoms with Crippen LogP contribution in [0.2, 0.25) is 0 Å². The quantitative estimate of drug-likeness (QED) is 0.522. The molecule has 0 aromatic heterocycles. The molecule has 0 N–H and O–H groups in total. The van der Waals surface area contributed by atoms with E-state index in [9.17, 15) is 0 Å². The molecule has 158 valence electrons. The zero-order valence-electron chi connectivity index (χ0n) is 19.2. The van der Waals surface area contributed by atoms with Gasteiger partial charge in [-0.25, -0.2) is 0 Å². The summed E-state index contributed by atoms with van der Waals surface area (Å²) < 4.78 is 10.7. The molecule has 0 fully saturated rings. The molecule has 0 atom stereocenters. The number of rotatable bonds is 5. The summed E-state index contributed by atoms with van der Waals surface area (Å²) in [6, 6.07) is 18.0. The van der Waals surface area contributed by atoms with Crippen molar-refractivity contribution in [3.63, 3.8) is 0 Å². The van der Waals surface area contributed by atoms with Crippen molar-refractivity contribution < 1.29 is 0 Å². The zero-order valence-corrected chi connectivity index (χ0v) is 23.4. The topological polar surface area (TPSA) is 13.0 Å². The van der Waals surface area contributed by atoms with Crippen molar-refractivity contribution >= 4 is 54.5 Å². The summed E-state index contributed by atoms with van der Waals surface area (Å²) in [5.41, 5.74) is 6.42. The Morgan fingerprint density at radius 1 is 0.533 bits per heavy atom. The molecule has 0 saturated carbocycles. The van der Waals surface area contributed by atoms with Crippen molar-refractivity contribution in [3.05, 3.63) is 48.5 Å². The van der Waals surface area contributed by atoms with Crippen LogP contribution in [0.5, 0.6) is 0 Å². The summed E-state index contributed by atoms with van der Waals surface area (Å²) in [5.74, 6) is 0. The number of nitrogens with zero attached hydrogens (tertiary/aromatic N) is 4.